The molecule has 2 heterocycles. The van der Waals surface area contributed by atoms with Crippen LogP contribution in [-0.2, 0) is 13.1 Å². The molecule has 0 bridgehead atoms. The Bertz CT molecular complexity index is 1160. The minimum absolute atomic E-state index is 0.627. The molecule has 3 aromatic carbocycles. The molecule has 0 aliphatic carbocycles. The van der Waals surface area contributed by atoms with Gasteiger partial charge in [0.05, 0.1) is 42.3 Å². The van der Waals surface area contributed by atoms with Crippen molar-refractivity contribution in [3.63, 3.8) is 0 Å². The number of hydrogen-bond acceptors (Lipinski definition) is 5. The van der Waals surface area contributed by atoms with Gasteiger partial charge in [0.2, 0.25) is 0 Å². The van der Waals surface area contributed by atoms with Crippen LogP contribution >= 0.6 is 11.8 Å². The van der Waals surface area contributed by atoms with Crippen LogP contribution in [0, 0.1) is 11.3 Å². The van der Waals surface area contributed by atoms with Gasteiger partial charge in [-0.25, -0.2) is 4.68 Å². The van der Waals surface area contributed by atoms with E-state index >= 15 is 0 Å². The third kappa shape index (κ3) is 3.48. The lowest BCUT2D eigenvalue weighted by molar-refractivity contribution is 0.649. The molecule has 29 heavy (non-hydrogen) atoms. The van der Waals surface area contributed by atoms with E-state index in [0.29, 0.717) is 18.7 Å². The summed E-state index contributed by atoms with van der Waals surface area (Å²) in [6, 6.07) is 26.6. The quantitative estimate of drug-likeness (QED) is 0.487. The standard InChI is InChI=1S/C23H17N5S/c24-13-17-9-11-18(12-10-17)14-27-15-19(25-26-27)16-28-20-5-1-3-7-22(20)29-23-8-4-2-6-21(23)28/h1-12,15H,14,16H2. The summed E-state index contributed by atoms with van der Waals surface area (Å²) in [4.78, 5) is 4.80. The van der Waals surface area contributed by atoms with Gasteiger partial charge in [-0.05, 0) is 42.0 Å². The number of anilines is 2. The fourth-order valence-electron chi connectivity index (χ4n) is 3.47. The second-order valence-electron chi connectivity index (χ2n) is 6.84. The lowest BCUT2D eigenvalue weighted by Crippen LogP contribution is -2.20. The van der Waals surface area contributed by atoms with Crippen LogP contribution in [0.5, 0.6) is 0 Å². The number of benzene rings is 3. The van der Waals surface area contributed by atoms with E-state index in [1.54, 1.807) is 11.8 Å². The van der Waals surface area contributed by atoms with Crippen molar-refractivity contribution < 1.29 is 0 Å². The minimum atomic E-state index is 0.627. The Kier molecular flexibility index (Phi) is 4.51. The van der Waals surface area contributed by atoms with Gasteiger partial charge in [-0.1, -0.05) is 53.4 Å². The van der Waals surface area contributed by atoms with Gasteiger partial charge in [-0.15, -0.1) is 5.10 Å². The normalized spacial score (nSPS) is 12.2. The Morgan fingerprint density at radius 3 is 2.14 bits per heavy atom. The molecule has 0 radical (unpaired) electrons. The minimum Gasteiger partial charge on any atom is -0.333 e. The lowest BCUT2D eigenvalue weighted by Gasteiger charge is -2.32. The third-order valence-corrected chi connectivity index (χ3v) is 6.00. The van der Waals surface area contributed by atoms with Gasteiger partial charge in [0.1, 0.15) is 5.69 Å². The molecule has 0 N–H and O–H groups in total. The van der Waals surface area contributed by atoms with Crippen LogP contribution in [0.4, 0.5) is 11.4 Å². The maximum Gasteiger partial charge on any atom is 0.102 e. The number of fused-ring (bicyclic) bond motifs is 2. The summed E-state index contributed by atoms with van der Waals surface area (Å²) in [6.07, 6.45) is 1.99. The third-order valence-electron chi connectivity index (χ3n) is 4.87. The molecule has 1 aliphatic heterocycles. The fourth-order valence-corrected chi connectivity index (χ4v) is 4.57. The van der Waals surface area contributed by atoms with Gasteiger partial charge in [0.15, 0.2) is 0 Å². The highest BCUT2D eigenvalue weighted by Gasteiger charge is 2.23. The molecule has 0 saturated heterocycles. The molecule has 0 fully saturated rings. The Morgan fingerprint density at radius 1 is 0.828 bits per heavy atom. The predicted molar refractivity (Wildman–Crippen MR) is 113 cm³/mol. The smallest absolute Gasteiger partial charge is 0.102 e. The van der Waals surface area contributed by atoms with Crippen molar-refractivity contribution >= 4 is 23.1 Å². The number of para-hydroxylation sites is 2. The van der Waals surface area contributed by atoms with Crippen molar-refractivity contribution in [3.05, 3.63) is 95.8 Å². The molecule has 140 valence electrons. The van der Waals surface area contributed by atoms with E-state index in [-0.39, 0.29) is 0 Å². The van der Waals surface area contributed by atoms with E-state index in [1.807, 2.05) is 35.1 Å². The average Bonchev–Trinajstić information content (AvgIpc) is 3.21. The first-order valence-corrected chi connectivity index (χ1v) is 10.1. The fraction of sp³-hybridized carbons (Fsp3) is 0.0870. The van der Waals surface area contributed by atoms with Crippen molar-refractivity contribution in [1.29, 1.82) is 5.26 Å². The second kappa shape index (κ2) is 7.46. The molecule has 4 aromatic rings. The van der Waals surface area contributed by atoms with E-state index < -0.39 is 0 Å². The van der Waals surface area contributed by atoms with Gasteiger partial charge in [-0.3, -0.25) is 0 Å². The Morgan fingerprint density at radius 2 is 1.48 bits per heavy atom. The first-order valence-electron chi connectivity index (χ1n) is 9.32. The molecular formula is C23H17N5S. The number of nitriles is 1. The summed E-state index contributed by atoms with van der Waals surface area (Å²) in [5.74, 6) is 0. The van der Waals surface area contributed by atoms with Crippen molar-refractivity contribution in [2.75, 3.05) is 4.90 Å². The predicted octanol–water partition coefficient (Wildman–Crippen LogP) is 5.00. The van der Waals surface area contributed by atoms with E-state index in [1.165, 1.54) is 21.2 Å². The molecule has 5 rings (SSSR count). The number of rotatable bonds is 4. The summed E-state index contributed by atoms with van der Waals surface area (Å²) in [5.41, 5.74) is 5.05. The number of aromatic nitrogens is 3. The van der Waals surface area contributed by atoms with Crippen LogP contribution in [0.25, 0.3) is 0 Å². The zero-order valence-electron chi connectivity index (χ0n) is 15.6. The SMILES string of the molecule is N#Cc1ccc(Cn2cc(CN3c4ccccc4Sc4ccccc43)nn2)cc1. The van der Waals surface area contributed by atoms with Crippen molar-refractivity contribution in [3.8, 4) is 6.07 Å². The Labute approximate surface area is 173 Å². The zero-order chi connectivity index (χ0) is 19.6. The van der Waals surface area contributed by atoms with E-state index in [4.69, 9.17) is 5.26 Å². The molecule has 6 heteroatoms. The van der Waals surface area contributed by atoms with Crippen molar-refractivity contribution in [1.82, 2.24) is 15.0 Å². The van der Waals surface area contributed by atoms with Crippen LogP contribution < -0.4 is 4.90 Å². The number of nitrogens with zero attached hydrogens (tertiary/aromatic N) is 5. The molecule has 0 spiro atoms. The van der Waals surface area contributed by atoms with Crippen LogP contribution in [-0.4, -0.2) is 15.0 Å². The topological polar surface area (TPSA) is 57.7 Å². The Hall–Kier alpha value is -3.56. The molecular weight excluding hydrogens is 378 g/mol. The first-order chi connectivity index (χ1) is 14.3. The number of hydrogen-bond donors (Lipinski definition) is 0. The van der Waals surface area contributed by atoms with Crippen LogP contribution in [0.15, 0.2) is 88.8 Å². The van der Waals surface area contributed by atoms with E-state index in [0.717, 1.165) is 11.3 Å². The average molecular weight is 395 g/mol. The monoisotopic (exact) mass is 395 g/mol. The summed E-state index contributed by atoms with van der Waals surface area (Å²) < 4.78 is 1.84. The maximum absolute atomic E-state index is 8.93. The summed E-state index contributed by atoms with van der Waals surface area (Å²) >= 11 is 1.80. The first kappa shape index (κ1) is 17.5. The highest BCUT2D eigenvalue weighted by molar-refractivity contribution is 7.99. The van der Waals surface area contributed by atoms with E-state index in [2.05, 4.69) is 69.8 Å². The molecule has 1 aliphatic rings. The maximum atomic E-state index is 8.93. The zero-order valence-corrected chi connectivity index (χ0v) is 16.4. The largest absolute Gasteiger partial charge is 0.333 e. The summed E-state index contributed by atoms with van der Waals surface area (Å²) in [5, 5.41) is 17.6. The van der Waals surface area contributed by atoms with E-state index in [9.17, 15) is 0 Å². The highest BCUT2D eigenvalue weighted by atomic mass is 32.2. The van der Waals surface area contributed by atoms with Crippen molar-refractivity contribution in [2.24, 2.45) is 0 Å². The van der Waals surface area contributed by atoms with Gasteiger partial charge in [0, 0.05) is 9.79 Å². The second-order valence-corrected chi connectivity index (χ2v) is 7.92. The summed E-state index contributed by atoms with van der Waals surface area (Å²) in [6.45, 7) is 1.28. The van der Waals surface area contributed by atoms with Gasteiger partial charge >= 0.3 is 0 Å². The van der Waals surface area contributed by atoms with Crippen LogP contribution in [0.1, 0.15) is 16.8 Å². The highest BCUT2D eigenvalue weighted by Crippen LogP contribution is 2.48. The lowest BCUT2D eigenvalue weighted by atomic mass is 10.1. The summed E-state index contributed by atoms with van der Waals surface area (Å²) in [7, 11) is 0. The van der Waals surface area contributed by atoms with Crippen LogP contribution in [0.3, 0.4) is 0 Å². The molecule has 0 atom stereocenters. The molecule has 0 unspecified atom stereocenters. The molecule has 1 aromatic heterocycles. The van der Waals surface area contributed by atoms with Crippen molar-refractivity contribution in [2.45, 2.75) is 22.9 Å². The molecule has 0 amide bonds. The molecule has 0 saturated carbocycles. The Balaban J connectivity index is 1.40. The van der Waals surface area contributed by atoms with Gasteiger partial charge < -0.3 is 4.90 Å². The van der Waals surface area contributed by atoms with Gasteiger partial charge in [-0.2, -0.15) is 5.26 Å². The molecule has 5 nitrogen and oxygen atoms in total. The van der Waals surface area contributed by atoms with Crippen LogP contribution in [0.2, 0.25) is 0 Å². The van der Waals surface area contributed by atoms with Gasteiger partial charge in [0.25, 0.3) is 0 Å².